The lowest BCUT2D eigenvalue weighted by Gasteiger charge is -2.28. The van der Waals surface area contributed by atoms with E-state index in [9.17, 15) is 9.59 Å². The van der Waals surface area contributed by atoms with Crippen molar-refractivity contribution >= 4 is 29.4 Å². The molecule has 0 bridgehead atoms. The number of benzene rings is 2. The summed E-state index contributed by atoms with van der Waals surface area (Å²) < 4.78 is 16.9. The van der Waals surface area contributed by atoms with Crippen molar-refractivity contribution in [1.29, 1.82) is 0 Å². The summed E-state index contributed by atoms with van der Waals surface area (Å²) >= 11 is 0. The molecule has 0 radical (unpaired) electrons. The Morgan fingerprint density at radius 3 is 2.36 bits per heavy atom. The number of nitrogen functional groups attached to an aromatic ring is 2. The molecule has 36 heavy (non-hydrogen) atoms. The van der Waals surface area contributed by atoms with Crippen LogP contribution in [-0.2, 0) is 25.4 Å². The van der Waals surface area contributed by atoms with Gasteiger partial charge in [-0.15, -0.1) is 0 Å². The minimum absolute atomic E-state index is 0.0640. The third-order valence-corrected chi connectivity index (χ3v) is 6.34. The zero-order chi connectivity index (χ0) is 25.8. The molecule has 0 heterocycles. The van der Waals surface area contributed by atoms with Crippen LogP contribution in [0.25, 0.3) is 6.08 Å². The van der Waals surface area contributed by atoms with Crippen LogP contribution in [0.4, 0.5) is 11.4 Å². The Bertz CT molecular complexity index is 1010. The minimum atomic E-state index is -0.447. The summed E-state index contributed by atoms with van der Waals surface area (Å²) in [7, 11) is 0. The van der Waals surface area contributed by atoms with Crippen LogP contribution in [0.3, 0.4) is 0 Å². The van der Waals surface area contributed by atoms with Gasteiger partial charge in [-0.3, -0.25) is 0 Å². The highest BCUT2D eigenvalue weighted by atomic mass is 16.5. The molecule has 0 spiro atoms. The summed E-state index contributed by atoms with van der Waals surface area (Å²) in [4.78, 5) is 24.5. The maximum Gasteiger partial charge on any atom is 0.338 e. The number of rotatable bonds is 12. The van der Waals surface area contributed by atoms with Gasteiger partial charge in [-0.25, -0.2) is 9.59 Å². The molecular formula is C29H38N2O5. The molecule has 1 aliphatic carbocycles. The summed E-state index contributed by atoms with van der Waals surface area (Å²) in [5.74, 6) is -0.767. The molecule has 194 valence electrons. The monoisotopic (exact) mass is 494 g/mol. The number of carbonyl (C=O) groups excluding carboxylic acids is 2. The Morgan fingerprint density at radius 2 is 1.67 bits per heavy atom. The van der Waals surface area contributed by atoms with Crippen LogP contribution >= 0.6 is 0 Å². The largest absolute Gasteiger partial charge is 0.462 e. The maximum absolute atomic E-state index is 12.5. The summed E-state index contributed by atoms with van der Waals surface area (Å²) in [5.41, 5.74) is 14.9. The molecular weight excluding hydrogens is 456 g/mol. The number of unbranched alkanes of at least 4 members (excludes halogenated alkanes) is 2. The summed E-state index contributed by atoms with van der Waals surface area (Å²) in [6.07, 6.45) is 10.8. The summed E-state index contributed by atoms with van der Waals surface area (Å²) in [5, 5.41) is 0. The highest BCUT2D eigenvalue weighted by molar-refractivity contribution is 5.90. The number of hydrogen-bond donors (Lipinski definition) is 2. The Labute approximate surface area is 213 Å². The fraction of sp³-hybridized carbons (Fsp3) is 0.448. The van der Waals surface area contributed by atoms with E-state index in [1.807, 2.05) is 6.07 Å². The molecule has 2 aromatic carbocycles. The van der Waals surface area contributed by atoms with Crippen molar-refractivity contribution in [1.82, 2.24) is 0 Å². The fourth-order valence-electron chi connectivity index (χ4n) is 4.18. The molecule has 4 N–H and O–H groups in total. The van der Waals surface area contributed by atoms with Gasteiger partial charge in [-0.1, -0.05) is 38.0 Å². The molecule has 7 nitrogen and oxygen atoms in total. The normalized spacial score (nSPS) is 17.7. The van der Waals surface area contributed by atoms with Gasteiger partial charge in [0.1, 0.15) is 6.10 Å². The molecule has 2 aromatic rings. The number of anilines is 2. The van der Waals surface area contributed by atoms with Crippen LogP contribution in [0, 0.1) is 0 Å². The minimum Gasteiger partial charge on any atom is -0.462 e. The average Bonchev–Trinajstić information content (AvgIpc) is 2.88. The quantitative estimate of drug-likeness (QED) is 0.177. The summed E-state index contributed by atoms with van der Waals surface area (Å²) in [6, 6.07) is 12.2. The van der Waals surface area contributed by atoms with Crippen molar-refractivity contribution in [2.75, 3.05) is 24.7 Å². The Balaban J connectivity index is 1.37. The lowest BCUT2D eigenvalue weighted by molar-refractivity contribution is -0.137. The van der Waals surface area contributed by atoms with E-state index < -0.39 is 5.97 Å². The highest BCUT2D eigenvalue weighted by Crippen LogP contribution is 2.25. The van der Waals surface area contributed by atoms with Crippen LogP contribution in [0.1, 0.15) is 73.4 Å². The van der Waals surface area contributed by atoms with Crippen molar-refractivity contribution in [2.45, 2.75) is 70.5 Å². The van der Waals surface area contributed by atoms with Crippen molar-refractivity contribution in [3.8, 4) is 0 Å². The smallest absolute Gasteiger partial charge is 0.338 e. The Kier molecular flexibility index (Phi) is 10.8. The summed E-state index contributed by atoms with van der Waals surface area (Å²) in [6.45, 7) is 3.22. The zero-order valence-corrected chi connectivity index (χ0v) is 21.1. The first kappa shape index (κ1) is 27.3. The maximum atomic E-state index is 12.5. The van der Waals surface area contributed by atoms with Gasteiger partial charge in [-0.2, -0.15) is 0 Å². The molecule has 7 heteroatoms. The lowest BCUT2D eigenvalue weighted by Crippen LogP contribution is -2.28. The van der Waals surface area contributed by atoms with Crippen molar-refractivity contribution < 1.29 is 23.8 Å². The van der Waals surface area contributed by atoms with E-state index in [0.29, 0.717) is 23.4 Å². The van der Waals surface area contributed by atoms with E-state index in [1.165, 1.54) is 18.9 Å². The van der Waals surface area contributed by atoms with E-state index in [4.69, 9.17) is 25.7 Å². The number of hydrogen-bond acceptors (Lipinski definition) is 7. The van der Waals surface area contributed by atoms with E-state index in [-0.39, 0.29) is 24.8 Å². The molecule has 1 saturated carbocycles. The van der Waals surface area contributed by atoms with E-state index in [0.717, 1.165) is 49.8 Å². The Morgan fingerprint density at radius 1 is 0.944 bits per heavy atom. The number of ether oxygens (including phenoxy) is 3. The Hall–Kier alpha value is -3.32. The topological polar surface area (TPSA) is 114 Å². The van der Waals surface area contributed by atoms with E-state index in [1.54, 1.807) is 42.5 Å². The second kappa shape index (κ2) is 14.3. The number of esters is 2. The van der Waals surface area contributed by atoms with Gasteiger partial charge in [-0.05, 0) is 73.6 Å². The lowest BCUT2D eigenvalue weighted by atomic mass is 9.95. The van der Waals surface area contributed by atoms with Crippen LogP contribution in [0.2, 0.25) is 0 Å². The van der Waals surface area contributed by atoms with Gasteiger partial charge in [0.2, 0.25) is 0 Å². The van der Waals surface area contributed by atoms with Gasteiger partial charge in [0, 0.05) is 30.5 Å². The van der Waals surface area contributed by atoms with Gasteiger partial charge < -0.3 is 25.7 Å². The second-order valence-electron chi connectivity index (χ2n) is 9.21. The molecule has 0 unspecified atom stereocenters. The van der Waals surface area contributed by atoms with Crippen LogP contribution in [-0.4, -0.2) is 37.4 Å². The van der Waals surface area contributed by atoms with Crippen molar-refractivity contribution in [3.05, 3.63) is 65.2 Å². The molecule has 1 fully saturated rings. The van der Waals surface area contributed by atoms with Gasteiger partial charge >= 0.3 is 11.9 Å². The molecule has 0 aliphatic heterocycles. The first-order chi connectivity index (χ1) is 17.4. The van der Waals surface area contributed by atoms with Crippen LogP contribution < -0.4 is 11.5 Å². The predicted octanol–water partition coefficient (Wildman–Crippen LogP) is 5.32. The SMILES string of the molecule is CCCCCOC1CCC(OC(=O)c2ccc(C=CC(=O)OCCc3ccc(N)cc3N)cc2)CC1. The molecule has 1 aliphatic rings. The first-order valence-electron chi connectivity index (χ1n) is 12.9. The van der Waals surface area contributed by atoms with Crippen molar-refractivity contribution in [3.63, 3.8) is 0 Å². The van der Waals surface area contributed by atoms with E-state index >= 15 is 0 Å². The van der Waals surface area contributed by atoms with Gasteiger partial charge in [0.15, 0.2) is 0 Å². The van der Waals surface area contributed by atoms with E-state index in [2.05, 4.69) is 6.92 Å². The van der Waals surface area contributed by atoms with Crippen LogP contribution in [0.15, 0.2) is 48.5 Å². The zero-order valence-electron chi connectivity index (χ0n) is 21.1. The van der Waals surface area contributed by atoms with Gasteiger partial charge in [0.25, 0.3) is 0 Å². The second-order valence-corrected chi connectivity index (χ2v) is 9.21. The third kappa shape index (κ3) is 9.04. The van der Waals surface area contributed by atoms with Crippen LogP contribution in [0.5, 0.6) is 0 Å². The fourth-order valence-corrected chi connectivity index (χ4v) is 4.18. The highest BCUT2D eigenvalue weighted by Gasteiger charge is 2.24. The predicted molar refractivity (Wildman–Crippen MR) is 142 cm³/mol. The average molecular weight is 495 g/mol. The molecule has 0 atom stereocenters. The first-order valence-corrected chi connectivity index (χ1v) is 12.9. The molecule has 0 aromatic heterocycles. The third-order valence-electron chi connectivity index (χ3n) is 6.34. The molecule has 3 rings (SSSR count). The molecule has 0 amide bonds. The number of carbonyl (C=O) groups is 2. The van der Waals surface area contributed by atoms with Crippen molar-refractivity contribution in [2.24, 2.45) is 0 Å². The van der Waals surface area contributed by atoms with Gasteiger partial charge in [0.05, 0.1) is 18.3 Å². The molecule has 0 saturated heterocycles. The number of nitrogens with two attached hydrogens (primary N) is 2. The standard InChI is InChI=1S/C29H38N2O5/c1-2-3-4-18-34-25-12-14-26(15-13-25)36-29(33)23-8-5-21(6-9-23)7-16-28(32)35-19-17-22-10-11-24(30)20-27(22)31/h5-11,16,20,25-26H,2-4,12-15,17-19,30-31H2,1H3.